The van der Waals surface area contributed by atoms with Crippen LogP contribution in [0, 0.1) is 0 Å². The normalized spacial score (nSPS) is 17.9. The summed E-state index contributed by atoms with van der Waals surface area (Å²) in [5, 5.41) is 3.44. The van der Waals surface area contributed by atoms with Gasteiger partial charge in [0.25, 0.3) is 0 Å². The van der Waals surface area contributed by atoms with Crippen molar-refractivity contribution in [3.8, 4) is 0 Å². The van der Waals surface area contributed by atoms with Crippen molar-refractivity contribution in [2.75, 3.05) is 26.0 Å². The van der Waals surface area contributed by atoms with Crippen LogP contribution in [-0.4, -0.2) is 21.1 Å². The van der Waals surface area contributed by atoms with E-state index in [0.717, 1.165) is 0 Å². The summed E-state index contributed by atoms with van der Waals surface area (Å²) >= 11 is 0. The highest BCUT2D eigenvalue weighted by atomic mass is 15.1. The first-order chi connectivity index (χ1) is 6.69. The quantitative estimate of drug-likeness (QED) is 0.784. The van der Waals surface area contributed by atoms with Crippen LogP contribution in [0.3, 0.4) is 0 Å². The molecule has 1 saturated carbocycles. The van der Waals surface area contributed by atoms with Gasteiger partial charge in [-0.2, -0.15) is 0 Å². The molecule has 0 aromatic heterocycles. The van der Waals surface area contributed by atoms with Crippen LogP contribution in [0.2, 0.25) is 0 Å². The van der Waals surface area contributed by atoms with Gasteiger partial charge in [0.2, 0.25) is 0 Å². The molecular formula is C12H18N2. The third kappa shape index (κ3) is 1.40. The zero-order valence-electron chi connectivity index (χ0n) is 9.17. The van der Waals surface area contributed by atoms with Gasteiger partial charge in [0.1, 0.15) is 0 Å². The summed E-state index contributed by atoms with van der Waals surface area (Å²) in [4.78, 5) is 2.19. The van der Waals surface area contributed by atoms with Gasteiger partial charge in [-0.15, -0.1) is 0 Å². The van der Waals surface area contributed by atoms with E-state index in [1.807, 2.05) is 0 Å². The van der Waals surface area contributed by atoms with Crippen molar-refractivity contribution in [2.45, 2.75) is 18.4 Å². The zero-order valence-corrected chi connectivity index (χ0v) is 9.17. The largest absolute Gasteiger partial charge is 0.377 e. The fourth-order valence-corrected chi connectivity index (χ4v) is 2.05. The number of hydrogen-bond acceptors (Lipinski definition) is 2. The smallest absolute Gasteiger partial charge is 0.0454 e. The van der Waals surface area contributed by atoms with Gasteiger partial charge in [-0.05, 0) is 31.5 Å². The van der Waals surface area contributed by atoms with Crippen molar-refractivity contribution in [1.29, 1.82) is 0 Å². The lowest BCUT2D eigenvalue weighted by Crippen LogP contribution is -2.27. The van der Waals surface area contributed by atoms with E-state index in [4.69, 9.17) is 0 Å². The Morgan fingerprint density at radius 1 is 1.21 bits per heavy atom. The minimum Gasteiger partial charge on any atom is -0.377 e. The van der Waals surface area contributed by atoms with Crippen LogP contribution in [-0.2, 0) is 5.54 Å². The molecule has 0 bridgehead atoms. The van der Waals surface area contributed by atoms with Crippen LogP contribution < -0.4 is 10.2 Å². The fraction of sp³-hybridized carbons (Fsp3) is 0.500. The van der Waals surface area contributed by atoms with E-state index in [9.17, 15) is 0 Å². The number of nitrogens with zero attached hydrogens (tertiary/aromatic N) is 1. The Bertz CT molecular complexity index is 327. The standard InChI is InChI=1S/C12H18N2/c1-13-12(8-9-12)10-6-4-5-7-11(10)14(2)3/h4-7,13H,8-9H2,1-3H3. The molecule has 0 unspecified atom stereocenters. The van der Waals surface area contributed by atoms with Gasteiger partial charge in [0, 0.05) is 25.3 Å². The van der Waals surface area contributed by atoms with Gasteiger partial charge >= 0.3 is 0 Å². The number of benzene rings is 1. The van der Waals surface area contributed by atoms with Crippen molar-refractivity contribution in [3.63, 3.8) is 0 Å². The van der Waals surface area contributed by atoms with Gasteiger partial charge in [-0.3, -0.25) is 0 Å². The Balaban J connectivity index is 2.42. The first kappa shape index (κ1) is 9.53. The van der Waals surface area contributed by atoms with Crippen molar-refractivity contribution in [1.82, 2.24) is 5.32 Å². The first-order valence-corrected chi connectivity index (χ1v) is 5.15. The van der Waals surface area contributed by atoms with Crippen molar-refractivity contribution < 1.29 is 0 Å². The lowest BCUT2D eigenvalue weighted by atomic mass is 10.0. The number of nitrogens with one attached hydrogen (secondary N) is 1. The molecule has 2 heteroatoms. The molecule has 0 spiro atoms. The number of hydrogen-bond donors (Lipinski definition) is 1. The molecule has 0 amide bonds. The summed E-state index contributed by atoms with van der Waals surface area (Å²) in [6.07, 6.45) is 2.52. The van der Waals surface area contributed by atoms with Gasteiger partial charge in [-0.1, -0.05) is 18.2 Å². The maximum Gasteiger partial charge on any atom is 0.0454 e. The van der Waals surface area contributed by atoms with Crippen molar-refractivity contribution in [3.05, 3.63) is 29.8 Å². The molecule has 1 aliphatic carbocycles. The molecule has 1 fully saturated rings. The second-order valence-corrected chi connectivity index (χ2v) is 4.24. The average molecular weight is 190 g/mol. The molecule has 0 radical (unpaired) electrons. The second-order valence-electron chi connectivity index (χ2n) is 4.24. The molecule has 0 atom stereocenters. The Hall–Kier alpha value is -1.02. The first-order valence-electron chi connectivity index (χ1n) is 5.15. The molecule has 1 aromatic carbocycles. The SMILES string of the molecule is CNC1(c2ccccc2N(C)C)CC1. The predicted octanol–water partition coefficient (Wildman–Crippen LogP) is 1.96. The monoisotopic (exact) mass is 190 g/mol. The van der Waals surface area contributed by atoms with Crippen LogP contribution >= 0.6 is 0 Å². The summed E-state index contributed by atoms with van der Waals surface area (Å²) in [5.74, 6) is 0. The molecule has 14 heavy (non-hydrogen) atoms. The van der Waals surface area contributed by atoms with E-state index >= 15 is 0 Å². The Labute approximate surface area is 85.9 Å². The highest BCUT2D eigenvalue weighted by Gasteiger charge is 2.44. The second kappa shape index (κ2) is 3.28. The summed E-state index contributed by atoms with van der Waals surface area (Å²) in [5.41, 5.74) is 3.03. The van der Waals surface area contributed by atoms with Gasteiger partial charge in [0.15, 0.2) is 0 Å². The van der Waals surface area contributed by atoms with E-state index in [1.54, 1.807) is 0 Å². The molecule has 1 aromatic rings. The summed E-state index contributed by atoms with van der Waals surface area (Å²) < 4.78 is 0. The summed E-state index contributed by atoms with van der Waals surface area (Å²) in [6, 6.07) is 8.65. The molecule has 0 heterocycles. The maximum atomic E-state index is 3.44. The lowest BCUT2D eigenvalue weighted by Gasteiger charge is -2.23. The third-order valence-corrected chi connectivity index (χ3v) is 3.13. The zero-order chi connectivity index (χ0) is 10.2. The van der Waals surface area contributed by atoms with Crippen LogP contribution in [0.15, 0.2) is 24.3 Å². The van der Waals surface area contributed by atoms with E-state index in [2.05, 4.69) is 55.6 Å². The van der Waals surface area contributed by atoms with E-state index in [-0.39, 0.29) is 5.54 Å². The molecule has 1 aliphatic rings. The van der Waals surface area contributed by atoms with Gasteiger partial charge in [0.05, 0.1) is 0 Å². The minimum atomic E-state index is 0.265. The van der Waals surface area contributed by atoms with Crippen LogP contribution in [0.1, 0.15) is 18.4 Å². The van der Waals surface area contributed by atoms with Crippen LogP contribution in [0.5, 0.6) is 0 Å². The molecule has 0 aliphatic heterocycles. The number of para-hydroxylation sites is 1. The van der Waals surface area contributed by atoms with E-state index in [0.29, 0.717) is 0 Å². The summed E-state index contributed by atoms with van der Waals surface area (Å²) in [6.45, 7) is 0. The Morgan fingerprint density at radius 3 is 2.36 bits per heavy atom. The molecule has 2 nitrogen and oxygen atoms in total. The van der Waals surface area contributed by atoms with Crippen LogP contribution in [0.25, 0.3) is 0 Å². The maximum absolute atomic E-state index is 3.44. The Morgan fingerprint density at radius 2 is 1.86 bits per heavy atom. The number of anilines is 1. The molecule has 0 saturated heterocycles. The van der Waals surface area contributed by atoms with Crippen LogP contribution in [0.4, 0.5) is 5.69 Å². The fourth-order valence-electron chi connectivity index (χ4n) is 2.05. The van der Waals surface area contributed by atoms with Gasteiger partial charge < -0.3 is 10.2 Å². The van der Waals surface area contributed by atoms with E-state index < -0.39 is 0 Å². The average Bonchev–Trinajstić information content (AvgIpc) is 2.98. The highest BCUT2D eigenvalue weighted by molar-refractivity contribution is 5.57. The predicted molar refractivity (Wildman–Crippen MR) is 60.7 cm³/mol. The van der Waals surface area contributed by atoms with Crippen molar-refractivity contribution in [2.24, 2.45) is 0 Å². The third-order valence-electron chi connectivity index (χ3n) is 3.13. The van der Waals surface area contributed by atoms with Crippen molar-refractivity contribution >= 4 is 5.69 Å². The molecule has 1 N–H and O–H groups in total. The lowest BCUT2D eigenvalue weighted by molar-refractivity contribution is 0.585. The molecule has 2 rings (SSSR count). The van der Waals surface area contributed by atoms with Gasteiger partial charge in [-0.25, -0.2) is 0 Å². The minimum absolute atomic E-state index is 0.265. The van der Waals surface area contributed by atoms with E-state index in [1.165, 1.54) is 24.1 Å². The molecular weight excluding hydrogens is 172 g/mol. The summed E-state index contributed by atoms with van der Waals surface area (Å²) in [7, 11) is 6.26. The molecule has 76 valence electrons. The number of rotatable bonds is 3. The Kier molecular flexibility index (Phi) is 2.23. The highest BCUT2D eigenvalue weighted by Crippen LogP contribution is 2.48. The topological polar surface area (TPSA) is 15.3 Å².